The molecule has 2 heterocycles. The molecule has 4 aromatic rings. The number of aromatic nitrogens is 3. The molecule has 2 aromatic heterocycles. The van der Waals surface area contributed by atoms with E-state index in [4.69, 9.17) is 4.74 Å². The Morgan fingerprint density at radius 3 is 2.56 bits per heavy atom. The molecule has 0 atom stereocenters. The third-order valence-corrected chi connectivity index (χ3v) is 5.29. The largest absolute Gasteiger partial charge is 0.384 e. The van der Waals surface area contributed by atoms with Gasteiger partial charge < -0.3 is 9.72 Å². The first kappa shape index (κ1) is 17.6. The Kier molecular flexibility index (Phi) is 5.09. The fourth-order valence-corrected chi connectivity index (χ4v) is 3.76. The van der Waals surface area contributed by atoms with E-state index in [1.54, 1.807) is 31.1 Å². The number of fused-ring (bicyclic) bond motifs is 1. The summed E-state index contributed by atoms with van der Waals surface area (Å²) >= 11 is 1.72. The van der Waals surface area contributed by atoms with E-state index < -0.39 is 0 Å². The molecule has 4 rings (SSSR count). The van der Waals surface area contributed by atoms with Crippen LogP contribution >= 0.6 is 11.8 Å². The summed E-state index contributed by atoms with van der Waals surface area (Å²) in [7, 11) is 1.65. The third kappa shape index (κ3) is 3.82. The predicted molar refractivity (Wildman–Crippen MR) is 107 cm³/mol. The summed E-state index contributed by atoms with van der Waals surface area (Å²) in [6, 6.07) is 20.1. The molecule has 0 aliphatic carbocycles. The van der Waals surface area contributed by atoms with Crippen LogP contribution in [0.4, 0.5) is 0 Å². The van der Waals surface area contributed by atoms with E-state index in [2.05, 4.69) is 46.5 Å². The van der Waals surface area contributed by atoms with Crippen LogP contribution in [0.3, 0.4) is 0 Å². The number of rotatable bonds is 6. The zero-order valence-electron chi connectivity index (χ0n) is 14.9. The van der Waals surface area contributed by atoms with Crippen molar-refractivity contribution in [2.45, 2.75) is 16.2 Å². The van der Waals surface area contributed by atoms with Gasteiger partial charge in [0, 0.05) is 40.6 Å². The highest BCUT2D eigenvalue weighted by Gasteiger charge is 2.11. The predicted octanol–water partition coefficient (Wildman–Crippen LogP) is 4.03. The molecule has 0 amide bonds. The molecule has 0 saturated heterocycles. The van der Waals surface area contributed by atoms with E-state index >= 15 is 0 Å². The van der Waals surface area contributed by atoms with Crippen molar-refractivity contribution >= 4 is 17.4 Å². The smallest absolute Gasteiger partial charge is 0.274 e. The second-order valence-electron chi connectivity index (χ2n) is 6.13. The quantitative estimate of drug-likeness (QED) is 0.551. The molecule has 136 valence electrons. The van der Waals surface area contributed by atoms with Crippen molar-refractivity contribution < 1.29 is 4.74 Å². The van der Waals surface area contributed by atoms with Crippen LogP contribution in [0.2, 0.25) is 0 Å². The van der Waals surface area contributed by atoms with E-state index in [0.717, 1.165) is 21.7 Å². The summed E-state index contributed by atoms with van der Waals surface area (Å²) in [6.07, 6.45) is 2.38. The van der Waals surface area contributed by atoms with Crippen molar-refractivity contribution in [2.24, 2.45) is 0 Å². The minimum absolute atomic E-state index is 0.141. The van der Waals surface area contributed by atoms with E-state index in [1.165, 1.54) is 9.41 Å². The first-order chi connectivity index (χ1) is 13.2. The highest BCUT2D eigenvalue weighted by molar-refractivity contribution is 7.99. The maximum atomic E-state index is 12.3. The molecular weight excluding hydrogens is 358 g/mol. The number of hydrogen-bond donors (Lipinski definition) is 1. The van der Waals surface area contributed by atoms with Crippen LogP contribution in [-0.4, -0.2) is 28.3 Å². The number of hydrogen-bond acceptors (Lipinski definition) is 4. The summed E-state index contributed by atoms with van der Waals surface area (Å²) in [4.78, 5) is 18.0. The zero-order valence-corrected chi connectivity index (χ0v) is 15.7. The lowest BCUT2D eigenvalue weighted by Gasteiger charge is -2.05. The van der Waals surface area contributed by atoms with Gasteiger partial charge in [-0.25, -0.2) is 0 Å². The van der Waals surface area contributed by atoms with Gasteiger partial charge in [-0.2, -0.15) is 9.61 Å². The molecule has 0 fully saturated rings. The Morgan fingerprint density at radius 2 is 1.81 bits per heavy atom. The molecule has 5 nitrogen and oxygen atoms in total. The van der Waals surface area contributed by atoms with Crippen molar-refractivity contribution in [1.29, 1.82) is 0 Å². The normalized spacial score (nSPS) is 11.1. The average molecular weight is 377 g/mol. The summed E-state index contributed by atoms with van der Waals surface area (Å²) in [5.41, 5.74) is 3.33. The second kappa shape index (κ2) is 7.82. The van der Waals surface area contributed by atoms with E-state index in [9.17, 15) is 4.79 Å². The Labute approximate surface area is 161 Å². The van der Waals surface area contributed by atoms with Crippen LogP contribution in [0.15, 0.2) is 81.4 Å². The van der Waals surface area contributed by atoms with Gasteiger partial charge >= 0.3 is 0 Å². The molecule has 0 bridgehead atoms. The van der Waals surface area contributed by atoms with Crippen LogP contribution in [0.5, 0.6) is 0 Å². The monoisotopic (exact) mass is 377 g/mol. The van der Waals surface area contributed by atoms with Gasteiger partial charge in [0.15, 0.2) is 0 Å². The number of H-pyrrole nitrogens is 1. The fraction of sp³-hybridized carbons (Fsp3) is 0.143. The number of aromatic amines is 1. The van der Waals surface area contributed by atoms with Gasteiger partial charge in [-0.15, -0.1) is 0 Å². The van der Waals surface area contributed by atoms with Gasteiger partial charge in [0.25, 0.3) is 5.56 Å². The Bertz CT molecular complexity index is 1100. The lowest BCUT2D eigenvalue weighted by molar-refractivity contribution is 0.201. The average Bonchev–Trinajstić information content (AvgIpc) is 3.12. The molecule has 0 spiro atoms. The van der Waals surface area contributed by atoms with Crippen molar-refractivity contribution in [1.82, 2.24) is 14.6 Å². The Balaban J connectivity index is 1.65. The van der Waals surface area contributed by atoms with Gasteiger partial charge in [0.1, 0.15) is 5.65 Å². The van der Waals surface area contributed by atoms with Crippen molar-refractivity contribution in [3.8, 4) is 11.1 Å². The number of ether oxygens (including phenoxy) is 1. The highest BCUT2D eigenvalue weighted by atomic mass is 32.2. The summed E-state index contributed by atoms with van der Waals surface area (Å²) in [6.45, 7) is 0.557. The topological polar surface area (TPSA) is 59.4 Å². The first-order valence-corrected chi connectivity index (χ1v) is 9.48. The van der Waals surface area contributed by atoms with E-state index in [1.807, 2.05) is 18.2 Å². The van der Waals surface area contributed by atoms with Crippen LogP contribution in [0.25, 0.3) is 16.8 Å². The Hall–Kier alpha value is -2.83. The van der Waals surface area contributed by atoms with Crippen LogP contribution < -0.4 is 5.56 Å². The van der Waals surface area contributed by atoms with Crippen molar-refractivity contribution in [3.63, 3.8) is 0 Å². The minimum atomic E-state index is -0.141. The molecule has 2 aromatic carbocycles. The van der Waals surface area contributed by atoms with E-state index in [-0.39, 0.29) is 5.56 Å². The number of methoxy groups -OCH3 is 1. The lowest BCUT2D eigenvalue weighted by Crippen LogP contribution is -2.16. The maximum absolute atomic E-state index is 12.3. The van der Waals surface area contributed by atoms with Crippen molar-refractivity contribution in [3.05, 3.63) is 82.9 Å². The molecule has 0 saturated carbocycles. The molecule has 0 unspecified atom stereocenters. The summed E-state index contributed by atoms with van der Waals surface area (Å²) in [5.74, 6) is 0. The third-order valence-electron chi connectivity index (χ3n) is 4.27. The fourth-order valence-electron chi connectivity index (χ4n) is 2.92. The first-order valence-electron chi connectivity index (χ1n) is 8.67. The Morgan fingerprint density at radius 1 is 1.07 bits per heavy atom. The van der Waals surface area contributed by atoms with Gasteiger partial charge in [-0.1, -0.05) is 42.1 Å². The molecular formula is C21H19N3O2S. The van der Waals surface area contributed by atoms with Crippen LogP contribution in [0.1, 0.15) is 5.69 Å². The molecule has 0 aliphatic heterocycles. The SMILES string of the molecule is COCCc1cc(=O)n2ncc(-c3ccc(Sc4ccccc4)cc3)c2[nH]1. The van der Waals surface area contributed by atoms with Crippen molar-refractivity contribution in [2.75, 3.05) is 13.7 Å². The number of benzene rings is 2. The molecule has 0 radical (unpaired) electrons. The minimum Gasteiger partial charge on any atom is -0.384 e. The maximum Gasteiger partial charge on any atom is 0.274 e. The highest BCUT2D eigenvalue weighted by Crippen LogP contribution is 2.30. The molecule has 0 aliphatic rings. The molecule has 27 heavy (non-hydrogen) atoms. The molecule has 1 N–H and O–H groups in total. The van der Waals surface area contributed by atoms with E-state index in [0.29, 0.717) is 18.7 Å². The van der Waals surface area contributed by atoms with Gasteiger partial charge in [-0.3, -0.25) is 4.79 Å². The van der Waals surface area contributed by atoms with Crippen LogP contribution in [-0.2, 0) is 11.2 Å². The zero-order chi connectivity index (χ0) is 18.6. The van der Waals surface area contributed by atoms with Gasteiger partial charge in [-0.05, 0) is 29.8 Å². The number of nitrogens with zero attached hydrogens (tertiary/aromatic N) is 2. The van der Waals surface area contributed by atoms with Gasteiger partial charge in [0.05, 0.1) is 12.8 Å². The lowest BCUT2D eigenvalue weighted by atomic mass is 10.1. The van der Waals surface area contributed by atoms with Crippen LogP contribution in [0, 0.1) is 0 Å². The summed E-state index contributed by atoms with van der Waals surface area (Å²) < 4.78 is 6.51. The van der Waals surface area contributed by atoms with Gasteiger partial charge in [0.2, 0.25) is 0 Å². The standard InChI is InChI=1S/C21H19N3O2S/c1-26-12-11-16-13-20(25)24-21(23-16)19(14-22-24)15-7-9-18(10-8-15)27-17-5-3-2-4-6-17/h2-10,13-14,23H,11-12H2,1H3. The second-order valence-corrected chi connectivity index (χ2v) is 7.28. The number of nitrogens with one attached hydrogen (secondary N) is 1. The molecule has 6 heteroatoms. The summed E-state index contributed by atoms with van der Waals surface area (Å²) in [5, 5.41) is 4.24.